The Kier molecular flexibility index (Phi) is 6.64. The second-order valence-corrected chi connectivity index (χ2v) is 2.60. The van der Waals surface area contributed by atoms with Crippen molar-refractivity contribution in [2.45, 2.75) is 6.42 Å². The Labute approximate surface area is 72.3 Å². The van der Waals surface area contributed by atoms with E-state index in [0.717, 1.165) is 6.42 Å². The maximum absolute atomic E-state index is 10.3. The maximum atomic E-state index is 10.3. The highest BCUT2D eigenvalue weighted by Crippen LogP contribution is 1.89. The Hall–Kier alpha value is -0.650. The van der Waals surface area contributed by atoms with E-state index < -0.39 is 5.97 Å². The number of carbonyl (C=O) groups is 1. The van der Waals surface area contributed by atoms with Gasteiger partial charge in [0, 0.05) is 13.1 Å². The number of hydrogen-bond donors (Lipinski definition) is 3. The normalized spacial score (nSPS) is 10.6. The average Bonchev–Trinajstić information content (AvgIpc) is 2.00. The van der Waals surface area contributed by atoms with Crippen LogP contribution in [-0.2, 0) is 4.79 Å². The number of hydrogen-bond acceptors (Lipinski definition) is 4. The van der Waals surface area contributed by atoms with Crippen LogP contribution in [-0.4, -0.2) is 48.7 Å². The minimum atomic E-state index is -0.819. The summed E-state index contributed by atoms with van der Waals surface area (Å²) in [5.41, 5.74) is 10.6. The Bertz CT molecular complexity index is 130. The number of rotatable bonds is 7. The minimum Gasteiger partial charge on any atom is -0.480 e. The van der Waals surface area contributed by atoms with Crippen LogP contribution in [0.4, 0.5) is 0 Å². The Morgan fingerprint density at radius 3 is 2.33 bits per heavy atom. The van der Waals surface area contributed by atoms with Gasteiger partial charge >= 0.3 is 5.97 Å². The summed E-state index contributed by atoms with van der Waals surface area (Å²) in [6.07, 6.45) is 0.813. The Morgan fingerprint density at radius 2 is 1.92 bits per heavy atom. The molecule has 0 spiro atoms. The van der Waals surface area contributed by atoms with Gasteiger partial charge in [0.25, 0.3) is 0 Å². The van der Waals surface area contributed by atoms with E-state index in [1.54, 1.807) is 4.90 Å². The summed E-state index contributed by atoms with van der Waals surface area (Å²) in [7, 11) is 0. The third kappa shape index (κ3) is 6.09. The zero-order valence-corrected chi connectivity index (χ0v) is 7.20. The molecule has 12 heavy (non-hydrogen) atoms. The second-order valence-electron chi connectivity index (χ2n) is 2.60. The van der Waals surface area contributed by atoms with Gasteiger partial charge in [-0.15, -0.1) is 0 Å². The summed E-state index contributed by atoms with van der Waals surface area (Å²) >= 11 is 0. The van der Waals surface area contributed by atoms with Gasteiger partial charge in [0.15, 0.2) is 0 Å². The summed E-state index contributed by atoms with van der Waals surface area (Å²) in [6.45, 7) is 2.45. The molecule has 0 aliphatic carbocycles. The molecule has 0 amide bonds. The molecule has 0 saturated heterocycles. The predicted octanol–water partition coefficient (Wildman–Crippen LogP) is -1.32. The third-order valence-electron chi connectivity index (χ3n) is 1.48. The average molecular weight is 175 g/mol. The fraction of sp³-hybridized carbons (Fsp3) is 0.857. The van der Waals surface area contributed by atoms with E-state index in [2.05, 4.69) is 0 Å². The number of carboxylic acids is 1. The smallest absolute Gasteiger partial charge is 0.317 e. The molecule has 0 aliphatic rings. The van der Waals surface area contributed by atoms with Gasteiger partial charge in [-0.25, -0.2) is 0 Å². The molecule has 0 rings (SSSR count). The van der Waals surface area contributed by atoms with Gasteiger partial charge in [0.05, 0.1) is 6.54 Å². The highest BCUT2D eigenvalue weighted by molar-refractivity contribution is 5.69. The van der Waals surface area contributed by atoms with Gasteiger partial charge in [-0.3, -0.25) is 9.69 Å². The van der Waals surface area contributed by atoms with Crippen LogP contribution in [0.15, 0.2) is 0 Å². The molecular weight excluding hydrogens is 158 g/mol. The van der Waals surface area contributed by atoms with Crippen LogP contribution >= 0.6 is 0 Å². The van der Waals surface area contributed by atoms with Crippen LogP contribution in [0.1, 0.15) is 6.42 Å². The molecule has 0 fully saturated rings. The molecule has 0 atom stereocenters. The first-order chi connectivity index (χ1) is 5.70. The van der Waals surface area contributed by atoms with E-state index >= 15 is 0 Å². The van der Waals surface area contributed by atoms with E-state index in [9.17, 15) is 4.79 Å². The van der Waals surface area contributed by atoms with Crippen molar-refractivity contribution >= 4 is 5.97 Å². The highest BCUT2D eigenvalue weighted by Gasteiger charge is 2.06. The standard InChI is InChI=1S/C7H17N3O2/c8-2-1-4-10(5-3-9)6-7(11)12/h1-6,8-9H2,(H,11,12). The fourth-order valence-corrected chi connectivity index (χ4v) is 0.959. The fourth-order valence-electron chi connectivity index (χ4n) is 0.959. The van der Waals surface area contributed by atoms with Crippen LogP contribution in [0.5, 0.6) is 0 Å². The molecule has 0 saturated carbocycles. The van der Waals surface area contributed by atoms with Gasteiger partial charge in [-0.2, -0.15) is 0 Å². The van der Waals surface area contributed by atoms with Gasteiger partial charge < -0.3 is 16.6 Å². The lowest BCUT2D eigenvalue weighted by molar-refractivity contribution is -0.138. The Morgan fingerprint density at radius 1 is 1.25 bits per heavy atom. The molecule has 72 valence electrons. The molecule has 5 heteroatoms. The molecule has 5 nitrogen and oxygen atoms in total. The van der Waals surface area contributed by atoms with Gasteiger partial charge in [-0.1, -0.05) is 0 Å². The maximum Gasteiger partial charge on any atom is 0.317 e. The first-order valence-electron chi connectivity index (χ1n) is 4.05. The molecule has 0 aliphatic heterocycles. The number of aliphatic carboxylic acids is 1. The first-order valence-corrected chi connectivity index (χ1v) is 4.05. The summed E-state index contributed by atoms with van der Waals surface area (Å²) < 4.78 is 0. The molecular formula is C7H17N3O2. The third-order valence-corrected chi connectivity index (χ3v) is 1.48. The lowest BCUT2D eigenvalue weighted by Gasteiger charge is -2.18. The second kappa shape index (κ2) is 7.02. The first kappa shape index (κ1) is 11.4. The van der Waals surface area contributed by atoms with E-state index in [0.29, 0.717) is 26.2 Å². The van der Waals surface area contributed by atoms with Crippen molar-refractivity contribution in [2.75, 3.05) is 32.7 Å². The van der Waals surface area contributed by atoms with E-state index in [4.69, 9.17) is 16.6 Å². The number of carboxylic acid groups (broad SMARTS) is 1. The molecule has 0 bridgehead atoms. The molecule has 0 unspecified atom stereocenters. The van der Waals surface area contributed by atoms with Crippen LogP contribution in [0, 0.1) is 0 Å². The van der Waals surface area contributed by atoms with Crippen LogP contribution in [0.2, 0.25) is 0 Å². The lowest BCUT2D eigenvalue weighted by atomic mass is 10.3. The highest BCUT2D eigenvalue weighted by atomic mass is 16.4. The quantitative estimate of drug-likeness (QED) is 0.446. The predicted molar refractivity (Wildman–Crippen MR) is 46.8 cm³/mol. The van der Waals surface area contributed by atoms with Crippen LogP contribution in [0.25, 0.3) is 0 Å². The van der Waals surface area contributed by atoms with Crippen LogP contribution in [0.3, 0.4) is 0 Å². The van der Waals surface area contributed by atoms with Crippen molar-refractivity contribution in [3.63, 3.8) is 0 Å². The van der Waals surface area contributed by atoms with Crippen molar-refractivity contribution in [1.82, 2.24) is 4.90 Å². The SMILES string of the molecule is NCCCN(CCN)CC(=O)O. The Balaban J connectivity index is 3.61. The monoisotopic (exact) mass is 175 g/mol. The topological polar surface area (TPSA) is 92.6 Å². The molecule has 0 aromatic rings. The van der Waals surface area contributed by atoms with Gasteiger partial charge in [-0.05, 0) is 19.5 Å². The summed E-state index contributed by atoms with van der Waals surface area (Å²) in [5, 5.41) is 8.50. The van der Waals surface area contributed by atoms with Crippen LogP contribution < -0.4 is 11.5 Å². The van der Waals surface area contributed by atoms with Crippen molar-refractivity contribution in [1.29, 1.82) is 0 Å². The largest absolute Gasteiger partial charge is 0.480 e. The zero-order valence-electron chi connectivity index (χ0n) is 7.20. The zero-order chi connectivity index (χ0) is 9.40. The number of nitrogens with two attached hydrogens (primary N) is 2. The van der Waals surface area contributed by atoms with E-state index in [1.807, 2.05) is 0 Å². The number of nitrogens with zero attached hydrogens (tertiary/aromatic N) is 1. The van der Waals surface area contributed by atoms with Gasteiger partial charge in [0.1, 0.15) is 0 Å². The lowest BCUT2D eigenvalue weighted by Crippen LogP contribution is -2.35. The molecule has 0 aromatic carbocycles. The molecule has 0 heterocycles. The molecule has 0 aromatic heterocycles. The van der Waals surface area contributed by atoms with E-state index in [1.165, 1.54) is 0 Å². The van der Waals surface area contributed by atoms with Crippen molar-refractivity contribution in [3.05, 3.63) is 0 Å². The summed E-state index contributed by atoms with van der Waals surface area (Å²) in [4.78, 5) is 12.1. The van der Waals surface area contributed by atoms with E-state index in [-0.39, 0.29) is 6.54 Å². The van der Waals surface area contributed by atoms with Crippen molar-refractivity contribution < 1.29 is 9.90 Å². The summed E-state index contributed by atoms with van der Waals surface area (Å²) in [6, 6.07) is 0. The van der Waals surface area contributed by atoms with Gasteiger partial charge in [0.2, 0.25) is 0 Å². The summed E-state index contributed by atoms with van der Waals surface area (Å²) in [5.74, 6) is -0.819. The molecule has 5 N–H and O–H groups in total. The molecule has 0 radical (unpaired) electrons. The van der Waals surface area contributed by atoms with Crippen molar-refractivity contribution in [2.24, 2.45) is 11.5 Å². The minimum absolute atomic E-state index is 0.0528. The van der Waals surface area contributed by atoms with Crippen molar-refractivity contribution in [3.8, 4) is 0 Å².